The predicted octanol–water partition coefficient (Wildman–Crippen LogP) is 8.04. The molecule has 0 aliphatic heterocycles. The molecule has 0 saturated carbocycles. The monoisotopic (exact) mass is 757 g/mol. The van der Waals surface area contributed by atoms with E-state index < -0.39 is 0 Å². The molecule has 11 nitrogen and oxygen atoms in total. The molecule has 6 aromatic rings. The Morgan fingerprint density at radius 2 is 1.55 bits per heavy atom. The lowest BCUT2D eigenvalue weighted by molar-refractivity contribution is 0.0333. The van der Waals surface area contributed by atoms with Gasteiger partial charge >= 0.3 is 0 Å². The highest BCUT2D eigenvalue weighted by Gasteiger charge is 2.10. The molecule has 6 rings (SSSR count). The second-order valence-corrected chi connectivity index (χ2v) is 13.3. The van der Waals surface area contributed by atoms with E-state index in [1.807, 2.05) is 92.8 Å². The number of benzene rings is 4. The van der Waals surface area contributed by atoms with Crippen LogP contribution in [-0.4, -0.2) is 65.5 Å². The quantitative estimate of drug-likeness (QED) is 0.0437. The molecular weight excluding hydrogens is 711 g/mol. The third kappa shape index (κ3) is 11.5. The standard InChI is InChI=1S/C45H47N3O8/c1-3-33-10-18-41(49)39(29-33)42(50)19-11-34-8-14-37(15-9-34)54-22-5-4-6-36-31-48(47-46-36)21-23-52-24-25-53-26-27-55-38-16-12-35(13-17-38)45-30-43(51)40-28-32(2)7-20-44(40)56-45/h7-20,28-31,49H,3-6,21-27H2,1-2H3/b19-11+. The second kappa shape index (κ2) is 20.0. The van der Waals surface area contributed by atoms with Crippen LogP contribution in [0.2, 0.25) is 0 Å². The minimum Gasteiger partial charge on any atom is -0.507 e. The number of ether oxygens (including phenoxy) is 4. The molecule has 0 fully saturated rings. The van der Waals surface area contributed by atoms with E-state index in [2.05, 4.69) is 10.3 Å². The zero-order valence-electron chi connectivity index (χ0n) is 31.8. The zero-order valence-corrected chi connectivity index (χ0v) is 31.8. The SMILES string of the molecule is CCc1ccc(O)c(C(=O)/C=C/c2ccc(OCCCCc3cn(CCOCCOCCOc4ccc(-c5cc(=O)c6cc(C)ccc6o5)cc4)nn3)cc2)c1. The van der Waals surface area contributed by atoms with Crippen molar-refractivity contribution in [3.8, 4) is 28.6 Å². The minimum absolute atomic E-state index is 0.0124. The van der Waals surface area contributed by atoms with Crippen molar-refractivity contribution in [2.24, 2.45) is 0 Å². The summed E-state index contributed by atoms with van der Waals surface area (Å²) in [6, 6.07) is 27.2. The van der Waals surface area contributed by atoms with Crippen molar-refractivity contribution in [2.45, 2.75) is 46.1 Å². The Kier molecular flexibility index (Phi) is 14.2. The van der Waals surface area contributed by atoms with Crippen LogP contribution in [0, 0.1) is 6.92 Å². The maximum atomic E-state index is 12.6. The number of phenolic OH excluding ortho intramolecular Hbond substituents is 1. The molecule has 2 heterocycles. The van der Waals surface area contributed by atoms with Gasteiger partial charge in [0.2, 0.25) is 0 Å². The third-order valence-corrected chi connectivity index (χ3v) is 9.08. The van der Waals surface area contributed by atoms with Crippen LogP contribution >= 0.6 is 0 Å². The predicted molar refractivity (Wildman–Crippen MR) is 216 cm³/mol. The average molecular weight is 758 g/mol. The van der Waals surface area contributed by atoms with Gasteiger partial charge < -0.3 is 28.5 Å². The Morgan fingerprint density at radius 1 is 0.821 bits per heavy atom. The largest absolute Gasteiger partial charge is 0.507 e. The van der Waals surface area contributed by atoms with Crippen molar-refractivity contribution in [3.63, 3.8) is 0 Å². The van der Waals surface area contributed by atoms with Gasteiger partial charge in [-0.05, 0) is 110 Å². The van der Waals surface area contributed by atoms with Crippen LogP contribution < -0.4 is 14.9 Å². The van der Waals surface area contributed by atoms with Gasteiger partial charge in [0.25, 0.3) is 0 Å². The summed E-state index contributed by atoms with van der Waals surface area (Å²) in [5.74, 6) is 1.73. The van der Waals surface area contributed by atoms with E-state index in [-0.39, 0.29) is 17.0 Å². The Labute approximate surface area is 326 Å². The summed E-state index contributed by atoms with van der Waals surface area (Å²) in [5, 5.41) is 19.1. The molecule has 1 N–H and O–H groups in total. The van der Waals surface area contributed by atoms with Gasteiger partial charge in [-0.3, -0.25) is 9.59 Å². The average Bonchev–Trinajstić information content (AvgIpc) is 3.67. The fourth-order valence-electron chi connectivity index (χ4n) is 5.92. The minimum atomic E-state index is -0.236. The lowest BCUT2D eigenvalue weighted by Crippen LogP contribution is -2.13. The number of hydrogen-bond acceptors (Lipinski definition) is 10. The van der Waals surface area contributed by atoms with Gasteiger partial charge in [0, 0.05) is 17.8 Å². The number of carbonyl (C=O) groups excluding carboxylic acids is 1. The maximum Gasteiger partial charge on any atom is 0.193 e. The lowest BCUT2D eigenvalue weighted by atomic mass is 10.0. The third-order valence-electron chi connectivity index (χ3n) is 9.08. The summed E-state index contributed by atoms with van der Waals surface area (Å²) in [4.78, 5) is 25.1. The first kappa shape index (κ1) is 39.6. The highest BCUT2D eigenvalue weighted by molar-refractivity contribution is 6.08. The first-order valence-corrected chi connectivity index (χ1v) is 18.9. The number of rotatable bonds is 21. The number of aromatic hydroxyl groups is 1. The second-order valence-electron chi connectivity index (χ2n) is 13.3. The van der Waals surface area contributed by atoms with E-state index in [4.69, 9.17) is 23.4 Å². The molecule has 290 valence electrons. The van der Waals surface area contributed by atoms with Crippen molar-refractivity contribution >= 4 is 22.8 Å². The fourth-order valence-corrected chi connectivity index (χ4v) is 5.92. The van der Waals surface area contributed by atoms with E-state index in [9.17, 15) is 14.7 Å². The molecule has 0 radical (unpaired) electrons. The fraction of sp³-hybridized carbons (Fsp3) is 0.289. The number of aromatic nitrogens is 3. The number of carbonyl (C=O) groups is 1. The normalized spacial score (nSPS) is 11.4. The van der Waals surface area contributed by atoms with E-state index in [1.54, 1.807) is 22.9 Å². The zero-order chi connectivity index (χ0) is 39.1. The molecule has 4 aromatic carbocycles. The topological polar surface area (TPSA) is 135 Å². The van der Waals surface area contributed by atoms with Crippen molar-refractivity contribution in [1.29, 1.82) is 0 Å². The van der Waals surface area contributed by atoms with Gasteiger partial charge in [-0.1, -0.05) is 48.0 Å². The van der Waals surface area contributed by atoms with Crippen molar-refractivity contribution in [2.75, 3.05) is 39.6 Å². The smallest absolute Gasteiger partial charge is 0.193 e. The summed E-state index contributed by atoms with van der Waals surface area (Å²) in [6.07, 6.45) is 8.54. The van der Waals surface area contributed by atoms with Crippen LogP contribution in [0.5, 0.6) is 17.2 Å². The van der Waals surface area contributed by atoms with Crippen LogP contribution in [0.15, 0.2) is 112 Å². The molecule has 0 aliphatic rings. The lowest BCUT2D eigenvalue weighted by Gasteiger charge is -2.09. The van der Waals surface area contributed by atoms with Gasteiger partial charge in [0.1, 0.15) is 35.2 Å². The van der Waals surface area contributed by atoms with Gasteiger partial charge in [0.05, 0.1) is 56.2 Å². The maximum absolute atomic E-state index is 12.6. The Bertz CT molecular complexity index is 2280. The highest BCUT2D eigenvalue weighted by Crippen LogP contribution is 2.25. The first-order chi connectivity index (χ1) is 27.3. The molecular formula is C45H47N3O8. The Morgan fingerprint density at radius 3 is 2.34 bits per heavy atom. The molecule has 0 aliphatic carbocycles. The molecule has 2 aromatic heterocycles. The van der Waals surface area contributed by atoms with E-state index in [1.165, 1.54) is 12.1 Å². The highest BCUT2D eigenvalue weighted by atomic mass is 16.5. The van der Waals surface area contributed by atoms with Gasteiger partial charge in [-0.25, -0.2) is 4.68 Å². The molecule has 0 saturated heterocycles. The van der Waals surface area contributed by atoms with Crippen LogP contribution in [0.1, 0.15) is 52.5 Å². The first-order valence-electron chi connectivity index (χ1n) is 18.9. The number of aryl methyl sites for hydroxylation is 3. The molecule has 11 heteroatoms. The Hall–Kier alpha value is -6.04. The van der Waals surface area contributed by atoms with Crippen molar-refractivity contribution < 1.29 is 33.3 Å². The summed E-state index contributed by atoms with van der Waals surface area (Å²) < 4.78 is 30.8. The number of ketones is 1. The molecule has 0 amide bonds. The van der Waals surface area contributed by atoms with Gasteiger partial charge in [0.15, 0.2) is 11.2 Å². The van der Waals surface area contributed by atoms with Crippen LogP contribution in [0.25, 0.3) is 28.4 Å². The number of nitrogens with zero attached hydrogens (tertiary/aromatic N) is 3. The molecule has 0 bridgehead atoms. The van der Waals surface area contributed by atoms with Crippen LogP contribution in [-0.2, 0) is 28.9 Å². The number of unbranched alkanes of at least 4 members (excludes halogenated alkanes) is 1. The number of allylic oxidation sites excluding steroid dienone is 1. The van der Waals surface area contributed by atoms with Crippen LogP contribution in [0.3, 0.4) is 0 Å². The summed E-state index contributed by atoms with van der Waals surface area (Å²) in [7, 11) is 0. The van der Waals surface area contributed by atoms with E-state index in [0.717, 1.165) is 59.4 Å². The Balaban J connectivity index is 0.784. The summed E-state index contributed by atoms with van der Waals surface area (Å²) in [6.45, 7) is 7.39. The van der Waals surface area contributed by atoms with Crippen molar-refractivity contribution in [1.82, 2.24) is 15.0 Å². The summed E-state index contributed by atoms with van der Waals surface area (Å²) >= 11 is 0. The number of hydrogen-bond donors (Lipinski definition) is 1. The van der Waals surface area contributed by atoms with E-state index in [0.29, 0.717) is 74.2 Å². The van der Waals surface area contributed by atoms with Crippen molar-refractivity contribution in [3.05, 3.63) is 141 Å². The van der Waals surface area contributed by atoms with Gasteiger partial charge in [-0.15, -0.1) is 5.10 Å². The van der Waals surface area contributed by atoms with Crippen LogP contribution in [0.4, 0.5) is 0 Å². The number of fused-ring (bicyclic) bond motifs is 1. The molecule has 0 atom stereocenters. The summed E-state index contributed by atoms with van der Waals surface area (Å²) in [5.41, 5.74) is 5.42. The molecule has 56 heavy (non-hydrogen) atoms. The number of phenols is 1. The van der Waals surface area contributed by atoms with E-state index >= 15 is 0 Å². The molecule has 0 spiro atoms. The molecule has 0 unspecified atom stereocenters. The van der Waals surface area contributed by atoms with Gasteiger partial charge in [-0.2, -0.15) is 0 Å².